The van der Waals surface area contributed by atoms with Crippen molar-refractivity contribution in [1.82, 2.24) is 0 Å². The zero-order valence-electron chi connectivity index (χ0n) is 19.9. The molecule has 0 aliphatic carbocycles. The average molecular weight is 535 g/mol. The summed E-state index contributed by atoms with van der Waals surface area (Å²) in [4.78, 5) is 0. The fourth-order valence-corrected chi connectivity index (χ4v) is 4.81. The first kappa shape index (κ1) is 24.0. The van der Waals surface area contributed by atoms with Crippen LogP contribution in [0.25, 0.3) is 0 Å². The number of ether oxygens (including phenoxy) is 5. The second-order valence-electron chi connectivity index (χ2n) is 8.81. The minimum atomic E-state index is -0.429. The van der Waals surface area contributed by atoms with Crippen molar-refractivity contribution in [3.8, 4) is 23.0 Å². The Morgan fingerprint density at radius 2 is 0.811 bits per heavy atom. The van der Waals surface area contributed by atoms with Gasteiger partial charge in [-0.1, -0.05) is 59.6 Å². The van der Waals surface area contributed by atoms with Crippen LogP contribution < -0.4 is 18.9 Å². The van der Waals surface area contributed by atoms with E-state index >= 15 is 0 Å². The molecule has 0 saturated carbocycles. The van der Waals surface area contributed by atoms with Crippen LogP contribution in [0.2, 0.25) is 10.0 Å². The van der Waals surface area contributed by atoms with E-state index in [0.29, 0.717) is 48.0 Å². The van der Waals surface area contributed by atoms with Gasteiger partial charge in [-0.3, -0.25) is 0 Å². The fourth-order valence-electron chi connectivity index (χ4n) is 4.56. The minimum absolute atomic E-state index is 0.429. The second kappa shape index (κ2) is 10.5. The van der Waals surface area contributed by atoms with Gasteiger partial charge in [-0.15, -0.1) is 0 Å². The highest BCUT2D eigenvalue weighted by molar-refractivity contribution is 6.30. The van der Waals surface area contributed by atoms with Crippen molar-refractivity contribution in [2.45, 2.75) is 12.2 Å². The second-order valence-corrected chi connectivity index (χ2v) is 9.68. The average Bonchev–Trinajstić information content (AvgIpc) is 2.94. The number of rotatable bonds is 6. The highest BCUT2D eigenvalue weighted by Gasteiger charge is 2.26. The molecule has 0 radical (unpaired) electrons. The van der Waals surface area contributed by atoms with Crippen molar-refractivity contribution < 1.29 is 23.7 Å². The lowest BCUT2D eigenvalue weighted by molar-refractivity contribution is 0.0302. The molecule has 2 aliphatic heterocycles. The highest BCUT2D eigenvalue weighted by atomic mass is 35.5. The van der Waals surface area contributed by atoms with Crippen LogP contribution in [0, 0.1) is 0 Å². The molecule has 6 rings (SSSR count). The van der Waals surface area contributed by atoms with E-state index in [9.17, 15) is 0 Å². The monoisotopic (exact) mass is 534 g/mol. The topological polar surface area (TPSA) is 46.2 Å². The number of hydrogen-bond donors (Lipinski definition) is 0. The Hall–Kier alpha value is -3.38. The van der Waals surface area contributed by atoms with E-state index in [2.05, 4.69) is 0 Å². The Bertz CT molecular complexity index is 1280. The van der Waals surface area contributed by atoms with Gasteiger partial charge < -0.3 is 23.7 Å². The first-order chi connectivity index (χ1) is 18.1. The van der Waals surface area contributed by atoms with E-state index < -0.39 is 12.2 Å². The van der Waals surface area contributed by atoms with Crippen molar-refractivity contribution in [1.29, 1.82) is 0 Å². The Morgan fingerprint density at radius 3 is 1.22 bits per heavy atom. The summed E-state index contributed by atoms with van der Waals surface area (Å²) in [6.45, 7) is 2.08. The molecule has 37 heavy (non-hydrogen) atoms. The molecular formula is C30H24Cl2O5. The molecule has 4 aromatic carbocycles. The van der Waals surface area contributed by atoms with Gasteiger partial charge >= 0.3 is 0 Å². The molecule has 2 aliphatic rings. The number of benzene rings is 4. The highest BCUT2D eigenvalue weighted by Crippen LogP contribution is 2.42. The van der Waals surface area contributed by atoms with Crippen LogP contribution >= 0.6 is 23.2 Å². The smallest absolute Gasteiger partial charge is 0.161 e. The molecular weight excluding hydrogens is 511 g/mol. The molecule has 0 aromatic heterocycles. The van der Waals surface area contributed by atoms with Crippen molar-refractivity contribution >= 4 is 23.2 Å². The Labute approximate surface area is 225 Å². The first-order valence-electron chi connectivity index (χ1n) is 12.1. The van der Waals surface area contributed by atoms with Gasteiger partial charge in [0.25, 0.3) is 0 Å². The van der Waals surface area contributed by atoms with Crippen molar-refractivity contribution in [2.75, 3.05) is 26.4 Å². The summed E-state index contributed by atoms with van der Waals surface area (Å²) in [5.41, 5.74) is 3.78. The molecule has 2 heterocycles. The molecule has 4 aromatic rings. The standard InChI is InChI=1S/C30H24Cl2O5/c31-23-7-1-19(2-8-23)29(21-5-11-25-27(17-21)35-15-13-33-25)37-30(20-3-9-24(32)10-4-20)22-6-12-26-28(18-22)36-16-14-34-26/h1-12,17-18,29-30H,13-16H2. The molecule has 2 atom stereocenters. The maximum absolute atomic E-state index is 6.98. The quantitative estimate of drug-likeness (QED) is 0.257. The zero-order chi connectivity index (χ0) is 25.2. The SMILES string of the molecule is Clc1ccc(C(OC(c2ccc(Cl)cc2)c2ccc3c(c2)OCCO3)c2ccc3c(c2)OCCO3)cc1. The summed E-state index contributed by atoms with van der Waals surface area (Å²) in [7, 11) is 0. The van der Waals surface area contributed by atoms with Crippen molar-refractivity contribution in [3.63, 3.8) is 0 Å². The van der Waals surface area contributed by atoms with Gasteiger partial charge in [0.1, 0.15) is 38.6 Å². The molecule has 0 amide bonds. The number of halogens is 2. The summed E-state index contributed by atoms with van der Waals surface area (Å²) >= 11 is 12.4. The number of fused-ring (bicyclic) bond motifs is 2. The minimum Gasteiger partial charge on any atom is -0.486 e. The molecule has 0 saturated heterocycles. The summed E-state index contributed by atoms with van der Waals surface area (Å²) in [6.07, 6.45) is -0.857. The van der Waals surface area contributed by atoms with Gasteiger partial charge in [-0.2, -0.15) is 0 Å². The van der Waals surface area contributed by atoms with E-state index in [1.54, 1.807) is 0 Å². The molecule has 0 bridgehead atoms. The van der Waals surface area contributed by atoms with Crippen LogP contribution in [0.4, 0.5) is 0 Å². The van der Waals surface area contributed by atoms with Crippen LogP contribution in [0.3, 0.4) is 0 Å². The maximum atomic E-state index is 6.98. The predicted molar refractivity (Wildman–Crippen MR) is 143 cm³/mol. The van der Waals surface area contributed by atoms with E-state index in [1.165, 1.54) is 0 Å². The Balaban J connectivity index is 1.44. The molecule has 5 nitrogen and oxygen atoms in total. The van der Waals surface area contributed by atoms with E-state index in [0.717, 1.165) is 33.8 Å². The van der Waals surface area contributed by atoms with Crippen LogP contribution in [-0.2, 0) is 4.74 Å². The molecule has 2 unspecified atom stereocenters. The third-order valence-corrected chi connectivity index (χ3v) is 6.86. The lowest BCUT2D eigenvalue weighted by Gasteiger charge is -2.29. The van der Waals surface area contributed by atoms with Crippen LogP contribution in [0.15, 0.2) is 84.9 Å². The third kappa shape index (κ3) is 5.21. The Morgan fingerprint density at radius 1 is 0.459 bits per heavy atom. The molecule has 0 spiro atoms. The molecule has 0 fully saturated rings. The molecule has 188 valence electrons. The molecule has 0 N–H and O–H groups in total. The lowest BCUT2D eigenvalue weighted by atomic mass is 9.97. The van der Waals surface area contributed by atoms with Gasteiger partial charge in [0.2, 0.25) is 0 Å². The third-order valence-electron chi connectivity index (χ3n) is 6.36. The van der Waals surface area contributed by atoms with Crippen molar-refractivity contribution in [2.24, 2.45) is 0 Å². The zero-order valence-corrected chi connectivity index (χ0v) is 21.4. The van der Waals surface area contributed by atoms with E-state index in [-0.39, 0.29) is 0 Å². The van der Waals surface area contributed by atoms with Gasteiger partial charge in [-0.05, 0) is 70.8 Å². The van der Waals surface area contributed by atoms with Crippen LogP contribution in [-0.4, -0.2) is 26.4 Å². The predicted octanol–water partition coefficient (Wildman–Crippen LogP) is 7.43. The van der Waals surface area contributed by atoms with Crippen molar-refractivity contribution in [3.05, 3.63) is 117 Å². The van der Waals surface area contributed by atoms with Crippen LogP contribution in [0.5, 0.6) is 23.0 Å². The van der Waals surface area contributed by atoms with Gasteiger partial charge in [-0.25, -0.2) is 0 Å². The fraction of sp³-hybridized carbons (Fsp3) is 0.200. The lowest BCUT2D eigenvalue weighted by Crippen LogP contribution is -2.18. The Kier molecular flexibility index (Phi) is 6.83. The van der Waals surface area contributed by atoms with Gasteiger partial charge in [0, 0.05) is 10.0 Å². The maximum Gasteiger partial charge on any atom is 0.161 e. The van der Waals surface area contributed by atoms with Crippen LogP contribution in [0.1, 0.15) is 34.5 Å². The summed E-state index contributed by atoms with van der Waals surface area (Å²) < 4.78 is 30.2. The number of hydrogen-bond acceptors (Lipinski definition) is 5. The summed E-state index contributed by atoms with van der Waals surface area (Å²) in [5, 5.41) is 1.32. The first-order valence-corrected chi connectivity index (χ1v) is 12.8. The summed E-state index contributed by atoms with van der Waals surface area (Å²) in [6, 6.07) is 27.2. The normalized spacial score (nSPS) is 15.6. The van der Waals surface area contributed by atoms with Gasteiger partial charge in [0.05, 0.1) is 0 Å². The van der Waals surface area contributed by atoms with Gasteiger partial charge in [0.15, 0.2) is 23.0 Å². The largest absolute Gasteiger partial charge is 0.486 e. The van der Waals surface area contributed by atoms with E-state index in [1.807, 2.05) is 84.9 Å². The molecule has 7 heteroatoms. The summed E-state index contributed by atoms with van der Waals surface area (Å²) in [5.74, 6) is 2.86. The van der Waals surface area contributed by atoms with E-state index in [4.69, 9.17) is 46.9 Å².